The predicted molar refractivity (Wildman–Crippen MR) is 128 cm³/mol. The van der Waals surface area contributed by atoms with Crippen molar-refractivity contribution in [2.24, 2.45) is 5.92 Å². The highest BCUT2D eigenvalue weighted by Gasteiger charge is 2.26. The first-order valence-corrected chi connectivity index (χ1v) is 11.0. The molecule has 0 aromatic heterocycles. The van der Waals surface area contributed by atoms with Gasteiger partial charge in [0.1, 0.15) is 0 Å². The maximum atomic E-state index is 12.6. The van der Waals surface area contributed by atoms with E-state index in [1.807, 2.05) is 42.5 Å². The molecule has 170 valence electrons. The fourth-order valence-electron chi connectivity index (χ4n) is 4.13. The van der Waals surface area contributed by atoms with Crippen molar-refractivity contribution in [1.82, 2.24) is 4.90 Å². The highest BCUT2D eigenvalue weighted by molar-refractivity contribution is 6.02. The molecule has 1 aliphatic heterocycles. The van der Waals surface area contributed by atoms with Crippen molar-refractivity contribution in [3.05, 3.63) is 72.3 Å². The Morgan fingerprint density at radius 3 is 2.33 bits per heavy atom. The number of fused-ring (bicyclic) bond motifs is 1. The summed E-state index contributed by atoms with van der Waals surface area (Å²) in [6.45, 7) is 1.66. The monoisotopic (exact) mass is 445 g/mol. The molecule has 0 aliphatic carbocycles. The average molecular weight is 446 g/mol. The van der Waals surface area contributed by atoms with E-state index in [9.17, 15) is 14.4 Å². The van der Waals surface area contributed by atoms with Gasteiger partial charge in [0, 0.05) is 22.7 Å². The minimum Gasteiger partial charge on any atom is -0.465 e. The number of rotatable bonds is 6. The van der Waals surface area contributed by atoms with Gasteiger partial charge in [-0.2, -0.15) is 0 Å². The fourth-order valence-corrected chi connectivity index (χ4v) is 4.13. The summed E-state index contributed by atoms with van der Waals surface area (Å²) in [7, 11) is 1.33. The maximum absolute atomic E-state index is 12.6. The second-order valence-corrected chi connectivity index (χ2v) is 8.18. The van der Waals surface area contributed by atoms with Crippen LogP contribution in [0.1, 0.15) is 23.2 Å². The first kappa shape index (κ1) is 22.5. The molecule has 0 bridgehead atoms. The lowest BCUT2D eigenvalue weighted by Gasteiger charge is -2.30. The molecule has 3 aromatic carbocycles. The Labute approximate surface area is 192 Å². The maximum Gasteiger partial charge on any atom is 0.337 e. The van der Waals surface area contributed by atoms with Crippen LogP contribution < -0.4 is 10.6 Å². The molecular formula is C26H27N3O4. The lowest BCUT2D eigenvalue weighted by Crippen LogP contribution is -2.41. The molecule has 0 spiro atoms. The SMILES string of the molecule is COC(=O)c1ccc(NC(=O)C2CCN(CC(=O)Nc3cccc4ccccc34)CC2)cc1. The first-order chi connectivity index (χ1) is 16.0. The third kappa shape index (κ3) is 5.56. The number of anilines is 2. The quantitative estimate of drug-likeness (QED) is 0.562. The number of piperidine rings is 1. The van der Waals surface area contributed by atoms with Crippen LogP contribution in [0.25, 0.3) is 10.8 Å². The van der Waals surface area contributed by atoms with E-state index in [4.69, 9.17) is 0 Å². The van der Waals surface area contributed by atoms with Crippen molar-refractivity contribution < 1.29 is 19.1 Å². The number of methoxy groups -OCH3 is 1. The molecule has 3 aromatic rings. The van der Waals surface area contributed by atoms with Gasteiger partial charge in [0.15, 0.2) is 0 Å². The van der Waals surface area contributed by atoms with Crippen LogP contribution in [0.15, 0.2) is 66.7 Å². The number of nitrogens with zero attached hydrogens (tertiary/aromatic N) is 1. The zero-order valence-corrected chi connectivity index (χ0v) is 18.5. The van der Waals surface area contributed by atoms with Crippen molar-refractivity contribution in [2.45, 2.75) is 12.8 Å². The van der Waals surface area contributed by atoms with E-state index in [2.05, 4.69) is 20.3 Å². The van der Waals surface area contributed by atoms with Gasteiger partial charge in [-0.1, -0.05) is 36.4 Å². The van der Waals surface area contributed by atoms with Crippen molar-refractivity contribution in [3.63, 3.8) is 0 Å². The Balaban J connectivity index is 1.25. The number of hydrogen-bond donors (Lipinski definition) is 2. The smallest absolute Gasteiger partial charge is 0.337 e. The van der Waals surface area contributed by atoms with Gasteiger partial charge < -0.3 is 15.4 Å². The Hall–Kier alpha value is -3.71. The summed E-state index contributed by atoms with van der Waals surface area (Å²) < 4.78 is 4.68. The summed E-state index contributed by atoms with van der Waals surface area (Å²) in [4.78, 5) is 38.8. The topological polar surface area (TPSA) is 87.7 Å². The van der Waals surface area contributed by atoms with Crippen LogP contribution >= 0.6 is 0 Å². The molecule has 7 nitrogen and oxygen atoms in total. The van der Waals surface area contributed by atoms with Gasteiger partial charge in [0.25, 0.3) is 0 Å². The highest BCUT2D eigenvalue weighted by atomic mass is 16.5. The van der Waals surface area contributed by atoms with Crippen LogP contribution in [-0.2, 0) is 14.3 Å². The summed E-state index contributed by atoms with van der Waals surface area (Å²) in [5.74, 6) is -0.618. The Morgan fingerprint density at radius 1 is 0.909 bits per heavy atom. The minimum atomic E-state index is -0.412. The Kier molecular flexibility index (Phi) is 7.00. The van der Waals surface area contributed by atoms with Gasteiger partial charge in [-0.15, -0.1) is 0 Å². The van der Waals surface area contributed by atoms with Crippen molar-refractivity contribution in [3.8, 4) is 0 Å². The summed E-state index contributed by atoms with van der Waals surface area (Å²) in [5.41, 5.74) is 1.89. The summed E-state index contributed by atoms with van der Waals surface area (Å²) in [6.07, 6.45) is 1.38. The molecular weight excluding hydrogens is 418 g/mol. The van der Waals surface area contributed by atoms with Gasteiger partial charge in [-0.3, -0.25) is 14.5 Å². The second kappa shape index (κ2) is 10.3. The first-order valence-electron chi connectivity index (χ1n) is 11.0. The van der Waals surface area contributed by atoms with E-state index in [1.165, 1.54) is 7.11 Å². The molecule has 1 aliphatic rings. The summed E-state index contributed by atoms with van der Waals surface area (Å²) in [5, 5.41) is 8.04. The Bertz CT molecular complexity index is 1150. The van der Waals surface area contributed by atoms with Gasteiger partial charge in [-0.05, 0) is 61.6 Å². The summed E-state index contributed by atoms with van der Waals surface area (Å²) in [6, 6.07) is 20.5. The van der Waals surface area contributed by atoms with E-state index in [1.54, 1.807) is 24.3 Å². The number of ether oxygens (including phenoxy) is 1. The molecule has 0 atom stereocenters. The molecule has 1 saturated heterocycles. The van der Waals surface area contributed by atoms with Gasteiger partial charge in [-0.25, -0.2) is 4.79 Å². The van der Waals surface area contributed by atoms with E-state index in [0.29, 0.717) is 43.7 Å². The summed E-state index contributed by atoms with van der Waals surface area (Å²) >= 11 is 0. The minimum absolute atomic E-state index is 0.0410. The number of benzene rings is 3. The number of likely N-dealkylation sites (tertiary alicyclic amines) is 1. The number of carbonyl (C=O) groups excluding carboxylic acids is 3. The largest absolute Gasteiger partial charge is 0.465 e. The molecule has 2 N–H and O–H groups in total. The zero-order valence-electron chi connectivity index (χ0n) is 18.5. The molecule has 1 heterocycles. The molecule has 2 amide bonds. The predicted octanol–water partition coefficient (Wildman–Crippen LogP) is 3.92. The van der Waals surface area contributed by atoms with Crippen LogP contribution in [0.5, 0.6) is 0 Å². The number of carbonyl (C=O) groups is 3. The third-order valence-corrected chi connectivity index (χ3v) is 5.96. The van der Waals surface area contributed by atoms with E-state index >= 15 is 0 Å². The molecule has 1 fully saturated rings. The van der Waals surface area contributed by atoms with E-state index in [0.717, 1.165) is 16.5 Å². The van der Waals surface area contributed by atoms with Crippen LogP contribution in [0, 0.1) is 5.92 Å². The van der Waals surface area contributed by atoms with Crippen LogP contribution in [0.3, 0.4) is 0 Å². The number of amides is 2. The lowest BCUT2D eigenvalue weighted by atomic mass is 9.95. The standard InChI is InChI=1S/C26H27N3O4/c1-33-26(32)20-9-11-21(12-10-20)27-25(31)19-13-15-29(16-14-19)17-24(30)28-23-8-4-6-18-5-2-3-7-22(18)23/h2-12,19H,13-17H2,1H3,(H,27,31)(H,28,30). The number of hydrogen-bond acceptors (Lipinski definition) is 5. The Morgan fingerprint density at radius 2 is 1.61 bits per heavy atom. The molecule has 7 heteroatoms. The fraction of sp³-hybridized carbons (Fsp3) is 0.269. The van der Waals surface area contributed by atoms with Crippen LogP contribution in [0.2, 0.25) is 0 Å². The molecule has 4 rings (SSSR count). The normalized spacial score (nSPS) is 14.6. The average Bonchev–Trinajstić information content (AvgIpc) is 2.84. The van der Waals surface area contributed by atoms with E-state index in [-0.39, 0.29) is 17.7 Å². The van der Waals surface area contributed by atoms with E-state index < -0.39 is 5.97 Å². The van der Waals surface area contributed by atoms with Gasteiger partial charge in [0.05, 0.1) is 19.2 Å². The van der Waals surface area contributed by atoms with Crippen LogP contribution in [0.4, 0.5) is 11.4 Å². The van der Waals surface area contributed by atoms with Crippen molar-refractivity contribution in [1.29, 1.82) is 0 Å². The number of esters is 1. The molecule has 0 unspecified atom stereocenters. The molecule has 0 radical (unpaired) electrons. The molecule has 33 heavy (non-hydrogen) atoms. The van der Waals surface area contributed by atoms with Crippen molar-refractivity contribution >= 4 is 39.9 Å². The number of nitrogens with one attached hydrogen (secondary N) is 2. The second-order valence-electron chi connectivity index (χ2n) is 8.18. The third-order valence-electron chi connectivity index (χ3n) is 5.96. The molecule has 0 saturated carbocycles. The van der Waals surface area contributed by atoms with Crippen molar-refractivity contribution in [2.75, 3.05) is 37.4 Å². The zero-order chi connectivity index (χ0) is 23.2. The van der Waals surface area contributed by atoms with Gasteiger partial charge >= 0.3 is 5.97 Å². The van der Waals surface area contributed by atoms with Gasteiger partial charge in [0.2, 0.25) is 11.8 Å². The lowest BCUT2D eigenvalue weighted by molar-refractivity contribution is -0.121. The highest BCUT2D eigenvalue weighted by Crippen LogP contribution is 2.24. The van der Waals surface area contributed by atoms with Crippen LogP contribution in [-0.4, -0.2) is 49.4 Å².